The van der Waals surface area contributed by atoms with Crippen molar-refractivity contribution in [2.75, 3.05) is 31.0 Å². The average Bonchev–Trinajstić information content (AvgIpc) is 3.56. The maximum Gasteiger partial charge on any atom is 0.161 e. The van der Waals surface area contributed by atoms with Gasteiger partial charge >= 0.3 is 0 Å². The minimum Gasteiger partial charge on any atom is -0.376 e. The predicted octanol–water partition coefficient (Wildman–Crippen LogP) is 4.56. The van der Waals surface area contributed by atoms with E-state index in [1.807, 2.05) is 19.0 Å². The summed E-state index contributed by atoms with van der Waals surface area (Å²) in [6, 6.07) is 7.82. The van der Waals surface area contributed by atoms with Gasteiger partial charge in [0.25, 0.3) is 0 Å². The molecule has 0 spiro atoms. The number of hydrogen-bond acceptors (Lipinski definition) is 8. The number of anilines is 1. The Morgan fingerprint density at radius 2 is 1.76 bits per heavy atom. The van der Waals surface area contributed by atoms with Crippen molar-refractivity contribution < 1.29 is 17.2 Å². The van der Waals surface area contributed by atoms with E-state index >= 15 is 4.39 Å². The highest BCUT2D eigenvalue weighted by Gasteiger charge is 2.22. The fourth-order valence-electron chi connectivity index (χ4n) is 4.64. The third-order valence-electron chi connectivity index (χ3n) is 6.68. The molecule has 13 heteroatoms. The molecule has 10 nitrogen and oxygen atoms in total. The molecule has 0 saturated carbocycles. The number of hydrogen-bond donors (Lipinski definition) is 2. The highest BCUT2D eigenvalue weighted by molar-refractivity contribution is 7.90. The van der Waals surface area contributed by atoms with Crippen LogP contribution in [0, 0.1) is 11.6 Å². The van der Waals surface area contributed by atoms with Gasteiger partial charge in [-0.2, -0.15) is 5.10 Å². The van der Waals surface area contributed by atoms with Crippen LogP contribution in [0.3, 0.4) is 0 Å². The molecule has 208 valence electrons. The zero-order valence-corrected chi connectivity index (χ0v) is 23.1. The smallest absolute Gasteiger partial charge is 0.161 e. The fraction of sp³-hybridized carbons (Fsp3) is 0.179. The quantitative estimate of drug-likeness (QED) is 0.284. The van der Waals surface area contributed by atoms with Crippen molar-refractivity contribution in [3.8, 4) is 34.0 Å². The van der Waals surface area contributed by atoms with Crippen molar-refractivity contribution in [2.45, 2.75) is 6.42 Å². The lowest BCUT2D eigenvalue weighted by Gasteiger charge is -2.13. The Morgan fingerprint density at radius 3 is 2.54 bits per heavy atom. The third-order valence-corrected chi connectivity index (χ3v) is 7.62. The lowest BCUT2D eigenvalue weighted by Crippen LogP contribution is -2.09. The van der Waals surface area contributed by atoms with Gasteiger partial charge in [0.2, 0.25) is 0 Å². The van der Waals surface area contributed by atoms with E-state index in [4.69, 9.17) is 0 Å². The van der Waals surface area contributed by atoms with E-state index in [2.05, 4.69) is 35.1 Å². The normalized spacial score (nSPS) is 11.9. The molecule has 2 N–H and O–H groups in total. The molecule has 0 fully saturated rings. The lowest BCUT2D eigenvalue weighted by molar-refractivity contribution is 0.600. The Balaban J connectivity index is 1.45. The van der Waals surface area contributed by atoms with Gasteiger partial charge in [-0.3, -0.25) is 20.1 Å². The second-order valence-electron chi connectivity index (χ2n) is 9.98. The van der Waals surface area contributed by atoms with E-state index in [1.165, 1.54) is 18.3 Å². The highest BCUT2D eigenvalue weighted by Crippen LogP contribution is 2.34. The third kappa shape index (κ3) is 5.11. The Hall–Kier alpha value is -4.78. The van der Waals surface area contributed by atoms with E-state index in [9.17, 15) is 12.8 Å². The summed E-state index contributed by atoms with van der Waals surface area (Å²) in [4.78, 5) is 22.7. The van der Waals surface area contributed by atoms with Crippen molar-refractivity contribution in [3.05, 3.63) is 72.3 Å². The van der Waals surface area contributed by atoms with Crippen LogP contribution in [0.25, 0.3) is 56.0 Å². The molecule has 41 heavy (non-hydrogen) atoms. The minimum atomic E-state index is -3.22. The SMILES string of the molecule is CN(C)c1cncc(-c2ncc3[nH]nc(-c4nc5c(-c6cc(F)cc(CCS(C)(=O)=O)c6)nccc5[nH]4)c3c2F)c1. The van der Waals surface area contributed by atoms with Crippen LogP contribution in [0.1, 0.15) is 5.56 Å². The molecule has 0 aliphatic rings. The summed E-state index contributed by atoms with van der Waals surface area (Å²) in [7, 11) is 0.512. The number of aromatic amines is 2. The van der Waals surface area contributed by atoms with Gasteiger partial charge in [-0.1, -0.05) is 0 Å². The number of halogens is 2. The van der Waals surface area contributed by atoms with Gasteiger partial charge in [-0.25, -0.2) is 22.2 Å². The molecule has 0 radical (unpaired) electrons. The van der Waals surface area contributed by atoms with Crippen LogP contribution >= 0.6 is 0 Å². The molecule has 1 aromatic carbocycles. The zero-order valence-electron chi connectivity index (χ0n) is 22.3. The first-order valence-electron chi connectivity index (χ1n) is 12.6. The Bertz CT molecular complexity index is 2050. The molecule has 0 saturated heterocycles. The number of rotatable bonds is 7. The minimum absolute atomic E-state index is 0.107. The molecule has 0 atom stereocenters. The first-order valence-corrected chi connectivity index (χ1v) is 14.6. The standard InChI is InChI=1S/C28H24F2N8O2S/c1-38(2)19-11-17(12-31-13-19)24-23(30)22-21(14-33-24)36-37-27(22)28-34-20-4-6-32-25(26(20)35-28)16-8-15(9-18(29)10-16)5-7-41(3,39)40/h4,6,8-14H,5,7H2,1-3H3,(H,34,35)(H,36,37). The van der Waals surface area contributed by atoms with Crippen LogP contribution in [-0.2, 0) is 16.3 Å². The van der Waals surface area contributed by atoms with Gasteiger partial charge in [0, 0.05) is 43.9 Å². The van der Waals surface area contributed by atoms with E-state index < -0.39 is 21.5 Å². The number of benzene rings is 1. The topological polar surface area (TPSA) is 133 Å². The van der Waals surface area contributed by atoms with Crippen molar-refractivity contribution in [2.24, 2.45) is 0 Å². The van der Waals surface area contributed by atoms with E-state index in [0.29, 0.717) is 38.9 Å². The van der Waals surface area contributed by atoms with Gasteiger partial charge in [0.1, 0.15) is 32.6 Å². The zero-order chi connectivity index (χ0) is 28.9. The van der Waals surface area contributed by atoms with Gasteiger partial charge in [0.15, 0.2) is 11.6 Å². The average molecular weight is 575 g/mol. The number of aromatic nitrogens is 7. The van der Waals surface area contributed by atoms with E-state index in [-0.39, 0.29) is 34.8 Å². The number of pyridine rings is 3. The Labute approximate surface area is 233 Å². The van der Waals surface area contributed by atoms with Crippen LogP contribution < -0.4 is 4.90 Å². The number of imidazole rings is 1. The van der Waals surface area contributed by atoms with Crippen LogP contribution in [0.15, 0.2) is 55.1 Å². The number of fused-ring (bicyclic) bond motifs is 2. The maximum absolute atomic E-state index is 16.0. The van der Waals surface area contributed by atoms with E-state index in [0.717, 1.165) is 11.9 Å². The predicted molar refractivity (Wildman–Crippen MR) is 153 cm³/mol. The van der Waals surface area contributed by atoms with Gasteiger partial charge in [-0.05, 0) is 42.3 Å². The first-order chi connectivity index (χ1) is 19.6. The molecule has 0 aliphatic heterocycles. The van der Waals surface area contributed by atoms with Crippen molar-refractivity contribution in [3.63, 3.8) is 0 Å². The summed E-state index contributed by atoms with van der Waals surface area (Å²) < 4.78 is 53.8. The number of aryl methyl sites for hydroxylation is 1. The molecular formula is C28H24F2N8O2S. The number of nitrogens with zero attached hydrogens (tertiary/aromatic N) is 6. The number of nitrogens with one attached hydrogen (secondary N) is 2. The largest absolute Gasteiger partial charge is 0.376 e. The number of H-pyrrole nitrogens is 2. The number of sulfone groups is 1. The molecule has 5 aromatic heterocycles. The highest BCUT2D eigenvalue weighted by atomic mass is 32.2. The molecule has 6 rings (SSSR count). The molecule has 0 unspecified atom stereocenters. The lowest BCUT2D eigenvalue weighted by atomic mass is 10.0. The Kier molecular flexibility index (Phi) is 6.45. The second kappa shape index (κ2) is 10.0. The summed E-state index contributed by atoms with van der Waals surface area (Å²) in [6.07, 6.45) is 7.58. The van der Waals surface area contributed by atoms with Crippen LogP contribution in [0.4, 0.5) is 14.5 Å². The van der Waals surface area contributed by atoms with Crippen LogP contribution in [0.2, 0.25) is 0 Å². The summed E-state index contributed by atoms with van der Waals surface area (Å²) in [6.45, 7) is 0. The molecule has 0 aliphatic carbocycles. The summed E-state index contributed by atoms with van der Waals surface area (Å²) in [5, 5.41) is 7.34. The summed E-state index contributed by atoms with van der Waals surface area (Å²) >= 11 is 0. The van der Waals surface area contributed by atoms with Crippen molar-refractivity contribution in [1.82, 2.24) is 35.1 Å². The Morgan fingerprint density at radius 1 is 0.927 bits per heavy atom. The molecule has 5 heterocycles. The van der Waals surface area contributed by atoms with Crippen LogP contribution in [-0.4, -0.2) is 69.6 Å². The molecular weight excluding hydrogens is 550 g/mol. The monoisotopic (exact) mass is 574 g/mol. The summed E-state index contributed by atoms with van der Waals surface area (Å²) in [5.41, 5.74) is 4.42. The molecule has 6 aromatic rings. The van der Waals surface area contributed by atoms with Crippen molar-refractivity contribution in [1.29, 1.82) is 0 Å². The van der Waals surface area contributed by atoms with Crippen LogP contribution in [0.5, 0.6) is 0 Å². The molecule has 0 bridgehead atoms. The maximum atomic E-state index is 16.0. The van der Waals surface area contributed by atoms with Crippen molar-refractivity contribution >= 4 is 37.5 Å². The van der Waals surface area contributed by atoms with E-state index in [1.54, 1.807) is 36.8 Å². The first kappa shape index (κ1) is 26.4. The second-order valence-corrected chi connectivity index (χ2v) is 12.2. The fourth-order valence-corrected chi connectivity index (χ4v) is 5.25. The van der Waals surface area contributed by atoms with Gasteiger partial charge in [-0.15, -0.1) is 0 Å². The van der Waals surface area contributed by atoms with Gasteiger partial charge < -0.3 is 9.88 Å². The van der Waals surface area contributed by atoms with Gasteiger partial charge in [0.05, 0.1) is 45.9 Å². The summed E-state index contributed by atoms with van der Waals surface area (Å²) in [5.74, 6) is -0.924. The molecule has 0 amide bonds.